The second-order valence-electron chi connectivity index (χ2n) is 5.78. The third kappa shape index (κ3) is 4.51. The molecule has 0 atom stereocenters. The quantitative estimate of drug-likeness (QED) is 0.747. The Morgan fingerprint density at radius 2 is 1.77 bits per heavy atom. The number of alkyl halides is 3. The molecule has 1 heterocycles. The van der Waals surface area contributed by atoms with Gasteiger partial charge in [-0.05, 0) is 30.7 Å². The molecule has 1 aromatic rings. The summed E-state index contributed by atoms with van der Waals surface area (Å²) in [6.45, 7) is 2.06. The number of benzene rings is 1. The third-order valence-electron chi connectivity index (χ3n) is 3.95. The summed E-state index contributed by atoms with van der Waals surface area (Å²) in [4.78, 5) is 38.3. The van der Waals surface area contributed by atoms with Crippen LogP contribution < -0.4 is 11.1 Å². The zero-order valence-corrected chi connectivity index (χ0v) is 14.1. The summed E-state index contributed by atoms with van der Waals surface area (Å²) in [5.74, 6) is -2.20. The number of hydrogen-bond acceptors (Lipinski definition) is 4. The standard InChI is InChI=1S/C16H19F3N4O3/c1-2-22-3-4-23(15(26)14(22)25)9-13(24)21-12-6-10(8-20)5-11(7-12)16(17,18)19/h5-7H,2-4,8-9,20H2,1H3,(H,21,24). The molecule has 142 valence electrons. The van der Waals surface area contributed by atoms with Gasteiger partial charge in [-0.25, -0.2) is 0 Å². The van der Waals surface area contributed by atoms with E-state index >= 15 is 0 Å². The lowest BCUT2D eigenvalue weighted by molar-refractivity contribution is -0.156. The first-order valence-electron chi connectivity index (χ1n) is 7.95. The largest absolute Gasteiger partial charge is 0.416 e. The molecule has 0 aliphatic carbocycles. The molecule has 3 amide bonds. The Bertz CT molecular complexity index is 721. The molecule has 26 heavy (non-hydrogen) atoms. The van der Waals surface area contributed by atoms with Gasteiger partial charge in [0, 0.05) is 31.9 Å². The van der Waals surface area contributed by atoms with Crippen LogP contribution in [0.15, 0.2) is 18.2 Å². The van der Waals surface area contributed by atoms with Gasteiger partial charge in [0.1, 0.15) is 6.54 Å². The van der Waals surface area contributed by atoms with Crippen molar-refractivity contribution in [3.8, 4) is 0 Å². The molecule has 0 aromatic heterocycles. The van der Waals surface area contributed by atoms with Crippen molar-refractivity contribution in [1.29, 1.82) is 0 Å². The Balaban J connectivity index is 2.08. The van der Waals surface area contributed by atoms with E-state index < -0.39 is 36.0 Å². The van der Waals surface area contributed by atoms with Crippen molar-refractivity contribution in [1.82, 2.24) is 9.80 Å². The fourth-order valence-electron chi connectivity index (χ4n) is 2.59. The average molecular weight is 372 g/mol. The number of carbonyl (C=O) groups excluding carboxylic acids is 3. The van der Waals surface area contributed by atoms with E-state index in [1.165, 1.54) is 11.0 Å². The first-order chi connectivity index (χ1) is 12.2. The van der Waals surface area contributed by atoms with Gasteiger partial charge in [0.2, 0.25) is 5.91 Å². The van der Waals surface area contributed by atoms with Crippen LogP contribution in [0.3, 0.4) is 0 Å². The highest BCUT2D eigenvalue weighted by molar-refractivity contribution is 6.35. The first kappa shape index (κ1) is 19.7. The topological polar surface area (TPSA) is 95.7 Å². The highest BCUT2D eigenvalue weighted by atomic mass is 19.4. The second-order valence-corrected chi connectivity index (χ2v) is 5.78. The molecule has 3 N–H and O–H groups in total. The summed E-state index contributed by atoms with van der Waals surface area (Å²) < 4.78 is 38.7. The number of nitrogens with one attached hydrogen (secondary N) is 1. The number of nitrogens with zero attached hydrogens (tertiary/aromatic N) is 2. The fraction of sp³-hybridized carbons (Fsp3) is 0.438. The van der Waals surface area contributed by atoms with Crippen LogP contribution in [0.2, 0.25) is 0 Å². The molecule has 0 unspecified atom stereocenters. The van der Waals surface area contributed by atoms with Gasteiger partial charge in [-0.15, -0.1) is 0 Å². The van der Waals surface area contributed by atoms with Gasteiger partial charge in [-0.2, -0.15) is 13.2 Å². The summed E-state index contributed by atoms with van der Waals surface area (Å²) >= 11 is 0. The van der Waals surface area contributed by atoms with Crippen molar-refractivity contribution in [3.05, 3.63) is 29.3 Å². The summed E-state index contributed by atoms with van der Waals surface area (Å²) in [6, 6.07) is 3.02. The lowest BCUT2D eigenvalue weighted by Gasteiger charge is -2.32. The average Bonchev–Trinajstić information content (AvgIpc) is 2.58. The molecule has 1 aliphatic heterocycles. The van der Waals surface area contributed by atoms with Gasteiger partial charge in [0.25, 0.3) is 0 Å². The zero-order valence-electron chi connectivity index (χ0n) is 14.1. The Hall–Kier alpha value is -2.62. The van der Waals surface area contributed by atoms with Gasteiger partial charge in [-0.1, -0.05) is 0 Å². The van der Waals surface area contributed by atoms with E-state index in [1.54, 1.807) is 6.92 Å². The Morgan fingerprint density at radius 1 is 1.15 bits per heavy atom. The molecule has 0 bridgehead atoms. The summed E-state index contributed by atoms with van der Waals surface area (Å²) in [5.41, 5.74) is 4.60. The number of hydrogen-bond donors (Lipinski definition) is 2. The highest BCUT2D eigenvalue weighted by Gasteiger charge is 2.33. The Morgan fingerprint density at radius 3 is 2.35 bits per heavy atom. The minimum atomic E-state index is -4.58. The van der Waals surface area contributed by atoms with Crippen LogP contribution in [0.5, 0.6) is 0 Å². The number of nitrogens with two attached hydrogens (primary N) is 1. The van der Waals surface area contributed by atoms with E-state index in [-0.39, 0.29) is 24.3 Å². The van der Waals surface area contributed by atoms with Gasteiger partial charge in [0.15, 0.2) is 0 Å². The van der Waals surface area contributed by atoms with Crippen LogP contribution in [-0.4, -0.2) is 53.7 Å². The fourth-order valence-corrected chi connectivity index (χ4v) is 2.59. The van der Waals surface area contributed by atoms with Gasteiger partial charge >= 0.3 is 18.0 Å². The van der Waals surface area contributed by atoms with Gasteiger partial charge < -0.3 is 20.9 Å². The van der Waals surface area contributed by atoms with Crippen LogP contribution in [0.25, 0.3) is 0 Å². The van der Waals surface area contributed by atoms with Crippen molar-refractivity contribution in [3.63, 3.8) is 0 Å². The molecule has 1 saturated heterocycles. The van der Waals surface area contributed by atoms with E-state index in [0.717, 1.165) is 17.0 Å². The molecule has 2 rings (SSSR count). The summed E-state index contributed by atoms with van der Waals surface area (Å²) in [5, 5.41) is 2.32. The summed E-state index contributed by atoms with van der Waals surface area (Å²) in [6.07, 6.45) is -4.58. The minimum absolute atomic E-state index is 0.0729. The molecule has 7 nitrogen and oxygen atoms in total. The molecule has 0 saturated carbocycles. The lowest BCUT2D eigenvalue weighted by Crippen LogP contribution is -2.55. The Labute approximate surface area is 147 Å². The Kier molecular flexibility index (Phi) is 5.86. The van der Waals surface area contributed by atoms with Gasteiger partial charge in [-0.3, -0.25) is 14.4 Å². The second kappa shape index (κ2) is 7.73. The normalized spacial score (nSPS) is 15.4. The molecule has 1 aliphatic rings. The van der Waals surface area contributed by atoms with Crippen LogP contribution in [0, 0.1) is 0 Å². The molecular formula is C16H19F3N4O3. The summed E-state index contributed by atoms with van der Waals surface area (Å²) in [7, 11) is 0. The first-order valence-corrected chi connectivity index (χ1v) is 7.95. The maximum atomic E-state index is 12.9. The molecule has 0 spiro atoms. The van der Waals surface area contributed by atoms with Crippen molar-refractivity contribution in [2.24, 2.45) is 5.73 Å². The minimum Gasteiger partial charge on any atom is -0.333 e. The predicted octanol–water partition coefficient (Wildman–Crippen LogP) is 0.793. The van der Waals surface area contributed by atoms with E-state index in [4.69, 9.17) is 5.73 Å². The van der Waals surface area contributed by atoms with Gasteiger partial charge in [0.05, 0.1) is 5.56 Å². The number of amides is 3. The van der Waals surface area contributed by atoms with E-state index in [9.17, 15) is 27.6 Å². The van der Waals surface area contributed by atoms with E-state index in [1.807, 2.05) is 0 Å². The van der Waals surface area contributed by atoms with E-state index in [2.05, 4.69) is 5.32 Å². The zero-order chi connectivity index (χ0) is 19.5. The number of carbonyl (C=O) groups is 3. The van der Waals surface area contributed by atoms with Crippen LogP contribution in [0.1, 0.15) is 18.1 Å². The lowest BCUT2D eigenvalue weighted by atomic mass is 10.1. The van der Waals surface area contributed by atoms with Crippen LogP contribution >= 0.6 is 0 Å². The van der Waals surface area contributed by atoms with E-state index in [0.29, 0.717) is 13.1 Å². The smallest absolute Gasteiger partial charge is 0.333 e. The SMILES string of the molecule is CCN1CCN(CC(=O)Nc2cc(CN)cc(C(F)(F)F)c2)C(=O)C1=O. The number of rotatable bonds is 5. The van der Waals surface area contributed by atoms with Crippen LogP contribution in [0.4, 0.5) is 18.9 Å². The predicted molar refractivity (Wildman–Crippen MR) is 86.8 cm³/mol. The van der Waals surface area contributed by atoms with Crippen molar-refractivity contribution in [2.75, 3.05) is 31.5 Å². The van der Waals surface area contributed by atoms with Crippen molar-refractivity contribution >= 4 is 23.4 Å². The highest BCUT2D eigenvalue weighted by Crippen LogP contribution is 2.32. The number of piperazine rings is 1. The third-order valence-corrected chi connectivity index (χ3v) is 3.95. The maximum Gasteiger partial charge on any atom is 0.416 e. The number of halogens is 3. The van der Waals surface area contributed by atoms with Crippen molar-refractivity contribution < 1.29 is 27.6 Å². The number of anilines is 1. The molecule has 1 fully saturated rings. The molecule has 10 heteroatoms. The van der Waals surface area contributed by atoms with Crippen LogP contribution in [-0.2, 0) is 27.1 Å². The molecule has 1 aromatic carbocycles. The molecule has 0 radical (unpaired) electrons. The van der Waals surface area contributed by atoms with Crippen molar-refractivity contribution in [2.45, 2.75) is 19.6 Å². The molecular weight excluding hydrogens is 353 g/mol. The maximum absolute atomic E-state index is 12.9. The monoisotopic (exact) mass is 372 g/mol. The number of likely N-dealkylation sites (N-methyl/N-ethyl adjacent to an activating group) is 1.